The molecule has 0 saturated carbocycles. The largest absolute Gasteiger partial charge is 0.393 e. The summed E-state index contributed by atoms with van der Waals surface area (Å²) in [6.45, 7) is 2.11. The number of nitro benzene ring substituents is 1. The lowest BCUT2D eigenvalue weighted by Gasteiger charge is -2.10. The van der Waals surface area contributed by atoms with Gasteiger partial charge in [-0.3, -0.25) is 14.9 Å². The van der Waals surface area contributed by atoms with E-state index in [1.54, 1.807) is 30.3 Å². The van der Waals surface area contributed by atoms with Gasteiger partial charge in [0.1, 0.15) is 5.69 Å². The van der Waals surface area contributed by atoms with Crippen molar-refractivity contribution in [2.75, 3.05) is 16.4 Å². The summed E-state index contributed by atoms with van der Waals surface area (Å²) in [6.07, 6.45) is 0. The highest BCUT2D eigenvalue weighted by Gasteiger charge is 2.15. The van der Waals surface area contributed by atoms with Crippen molar-refractivity contribution in [2.24, 2.45) is 0 Å². The molecule has 0 unspecified atom stereocenters. The summed E-state index contributed by atoms with van der Waals surface area (Å²) in [4.78, 5) is 34.9. The summed E-state index contributed by atoms with van der Waals surface area (Å²) in [5.74, 6) is -0.473. The van der Waals surface area contributed by atoms with Gasteiger partial charge in [-0.1, -0.05) is 24.3 Å². The fourth-order valence-electron chi connectivity index (χ4n) is 2.90. The van der Waals surface area contributed by atoms with E-state index in [0.29, 0.717) is 11.4 Å². The Labute approximate surface area is 178 Å². The van der Waals surface area contributed by atoms with Gasteiger partial charge in [0.15, 0.2) is 0 Å². The molecule has 158 valence electrons. The second-order valence-corrected chi connectivity index (χ2v) is 6.86. The van der Waals surface area contributed by atoms with Gasteiger partial charge in [0, 0.05) is 29.5 Å². The number of amides is 3. The number of anilines is 3. The molecule has 0 aliphatic rings. The molecule has 0 aromatic heterocycles. The standard InChI is InChI=1S/C22H21N5O4/c1-14-4-2-6-17(10-14)25-22(29)26-18-7-3-5-15(11-18)13-24-21(28)16-8-9-19(23)20(12-16)27(30)31/h2-12H,13,23H2,1H3,(H,24,28)(H2,25,26,29). The van der Waals surface area contributed by atoms with E-state index in [0.717, 1.165) is 17.2 Å². The van der Waals surface area contributed by atoms with Gasteiger partial charge >= 0.3 is 6.03 Å². The van der Waals surface area contributed by atoms with Crippen molar-refractivity contribution in [3.05, 3.63) is 93.5 Å². The predicted molar refractivity (Wildman–Crippen MR) is 119 cm³/mol. The van der Waals surface area contributed by atoms with Gasteiger partial charge in [0.25, 0.3) is 11.6 Å². The Morgan fingerprint density at radius 2 is 1.65 bits per heavy atom. The number of nitrogens with one attached hydrogen (secondary N) is 3. The van der Waals surface area contributed by atoms with Crippen molar-refractivity contribution in [3.63, 3.8) is 0 Å². The molecule has 3 aromatic carbocycles. The molecule has 31 heavy (non-hydrogen) atoms. The van der Waals surface area contributed by atoms with Crippen LogP contribution >= 0.6 is 0 Å². The topological polar surface area (TPSA) is 139 Å². The Morgan fingerprint density at radius 3 is 2.32 bits per heavy atom. The lowest BCUT2D eigenvalue weighted by Crippen LogP contribution is -2.23. The van der Waals surface area contributed by atoms with Gasteiger partial charge in [0.2, 0.25) is 0 Å². The number of carbonyl (C=O) groups is 2. The summed E-state index contributed by atoms with van der Waals surface area (Å²) >= 11 is 0. The first kappa shape index (κ1) is 21.3. The SMILES string of the molecule is Cc1cccc(NC(=O)Nc2cccc(CNC(=O)c3ccc(N)c([N+](=O)[O-])c3)c2)c1. The highest BCUT2D eigenvalue weighted by Crippen LogP contribution is 2.22. The van der Waals surface area contributed by atoms with Gasteiger partial charge in [-0.05, 0) is 54.4 Å². The summed E-state index contributed by atoms with van der Waals surface area (Å²) in [5.41, 5.74) is 8.36. The number of nitrogen functional groups attached to an aromatic ring is 1. The van der Waals surface area contributed by atoms with E-state index in [2.05, 4.69) is 16.0 Å². The zero-order valence-corrected chi connectivity index (χ0v) is 16.7. The van der Waals surface area contributed by atoms with E-state index in [9.17, 15) is 19.7 Å². The maximum absolute atomic E-state index is 12.3. The average Bonchev–Trinajstić information content (AvgIpc) is 2.72. The number of hydrogen-bond donors (Lipinski definition) is 4. The average molecular weight is 419 g/mol. The first-order chi connectivity index (χ1) is 14.8. The van der Waals surface area contributed by atoms with Crippen molar-refractivity contribution in [2.45, 2.75) is 13.5 Å². The normalized spacial score (nSPS) is 10.2. The molecule has 9 heteroatoms. The molecule has 3 aromatic rings. The minimum Gasteiger partial charge on any atom is -0.393 e. The summed E-state index contributed by atoms with van der Waals surface area (Å²) in [6, 6.07) is 17.9. The molecule has 0 bridgehead atoms. The Hall–Kier alpha value is -4.40. The third kappa shape index (κ3) is 5.80. The molecular weight excluding hydrogens is 398 g/mol. The Balaban J connectivity index is 1.60. The van der Waals surface area contributed by atoms with Gasteiger partial charge in [-0.2, -0.15) is 0 Å². The Bertz CT molecular complexity index is 1150. The number of urea groups is 1. The minimum atomic E-state index is -0.636. The Morgan fingerprint density at radius 1 is 0.968 bits per heavy atom. The minimum absolute atomic E-state index is 0.00994. The van der Waals surface area contributed by atoms with Crippen molar-refractivity contribution in [1.82, 2.24) is 5.32 Å². The van der Waals surface area contributed by atoms with E-state index in [1.165, 1.54) is 12.1 Å². The molecule has 9 nitrogen and oxygen atoms in total. The van der Waals surface area contributed by atoms with E-state index in [-0.39, 0.29) is 29.5 Å². The van der Waals surface area contributed by atoms with Crippen LogP contribution in [-0.4, -0.2) is 16.9 Å². The van der Waals surface area contributed by atoms with Crippen LogP contribution in [-0.2, 0) is 6.54 Å². The van der Waals surface area contributed by atoms with Crippen LogP contribution in [0.2, 0.25) is 0 Å². The third-order valence-electron chi connectivity index (χ3n) is 4.40. The van der Waals surface area contributed by atoms with Crippen LogP contribution in [0.25, 0.3) is 0 Å². The molecule has 3 amide bonds. The number of aryl methyl sites for hydroxylation is 1. The predicted octanol–water partition coefficient (Wildman–Crippen LogP) is 4.06. The maximum atomic E-state index is 12.3. The van der Waals surface area contributed by atoms with Crippen LogP contribution in [0, 0.1) is 17.0 Å². The highest BCUT2D eigenvalue weighted by molar-refractivity contribution is 6.00. The molecule has 0 aliphatic carbocycles. The molecule has 5 N–H and O–H groups in total. The van der Waals surface area contributed by atoms with Crippen LogP contribution in [0.15, 0.2) is 66.7 Å². The molecule has 0 atom stereocenters. The van der Waals surface area contributed by atoms with Gasteiger partial charge < -0.3 is 21.7 Å². The number of carbonyl (C=O) groups excluding carboxylic acids is 2. The van der Waals surface area contributed by atoms with Crippen LogP contribution in [0.3, 0.4) is 0 Å². The number of rotatable bonds is 6. The maximum Gasteiger partial charge on any atom is 0.323 e. The number of hydrogen-bond acceptors (Lipinski definition) is 5. The van der Waals surface area contributed by atoms with E-state index < -0.39 is 10.8 Å². The van der Waals surface area contributed by atoms with Gasteiger partial charge in [-0.15, -0.1) is 0 Å². The fourth-order valence-corrected chi connectivity index (χ4v) is 2.90. The number of nitrogens with two attached hydrogens (primary N) is 1. The molecule has 3 rings (SSSR count). The first-order valence-electron chi connectivity index (χ1n) is 9.37. The molecule has 0 spiro atoms. The smallest absolute Gasteiger partial charge is 0.323 e. The van der Waals surface area contributed by atoms with E-state index >= 15 is 0 Å². The van der Waals surface area contributed by atoms with Crippen molar-refractivity contribution < 1.29 is 14.5 Å². The number of nitrogens with zero attached hydrogens (tertiary/aromatic N) is 1. The van der Waals surface area contributed by atoms with Crippen molar-refractivity contribution >= 4 is 34.7 Å². The zero-order valence-electron chi connectivity index (χ0n) is 16.7. The summed E-state index contributed by atoms with van der Waals surface area (Å²) in [7, 11) is 0. The van der Waals surface area contributed by atoms with Crippen molar-refractivity contribution in [3.8, 4) is 0 Å². The number of nitro groups is 1. The first-order valence-corrected chi connectivity index (χ1v) is 9.37. The van der Waals surface area contributed by atoms with Crippen molar-refractivity contribution in [1.29, 1.82) is 0 Å². The third-order valence-corrected chi connectivity index (χ3v) is 4.40. The molecule has 0 saturated heterocycles. The second-order valence-electron chi connectivity index (χ2n) is 6.86. The second kappa shape index (κ2) is 9.40. The van der Waals surface area contributed by atoms with Gasteiger partial charge in [-0.25, -0.2) is 4.79 Å². The molecule has 0 aliphatic heterocycles. The zero-order chi connectivity index (χ0) is 22.4. The lowest BCUT2D eigenvalue weighted by atomic mass is 10.1. The highest BCUT2D eigenvalue weighted by atomic mass is 16.6. The monoisotopic (exact) mass is 419 g/mol. The van der Waals surface area contributed by atoms with E-state index in [1.807, 2.05) is 25.1 Å². The summed E-state index contributed by atoms with van der Waals surface area (Å²) < 4.78 is 0. The molecule has 0 radical (unpaired) electrons. The molecular formula is C22H21N5O4. The number of benzene rings is 3. The fraction of sp³-hybridized carbons (Fsp3) is 0.0909. The van der Waals surface area contributed by atoms with Crippen LogP contribution < -0.4 is 21.7 Å². The van der Waals surface area contributed by atoms with Crippen LogP contribution in [0.5, 0.6) is 0 Å². The lowest BCUT2D eigenvalue weighted by molar-refractivity contribution is -0.383. The quantitative estimate of drug-likeness (QED) is 0.271. The van der Waals surface area contributed by atoms with Crippen LogP contribution in [0.4, 0.5) is 27.5 Å². The summed E-state index contributed by atoms with van der Waals surface area (Å²) in [5, 5.41) is 19.2. The molecule has 0 heterocycles. The molecule has 0 fully saturated rings. The van der Waals surface area contributed by atoms with E-state index in [4.69, 9.17) is 5.73 Å². The van der Waals surface area contributed by atoms with Crippen LogP contribution in [0.1, 0.15) is 21.5 Å². The van der Waals surface area contributed by atoms with Gasteiger partial charge in [0.05, 0.1) is 4.92 Å². The Kier molecular flexibility index (Phi) is 6.46.